The number of hydrogen-bond donors (Lipinski definition) is 1. The maximum atomic E-state index is 6.18. The van der Waals surface area contributed by atoms with E-state index >= 15 is 0 Å². The minimum atomic E-state index is 0.0659. The van der Waals surface area contributed by atoms with Crippen LogP contribution >= 0.6 is 23.2 Å². The molecule has 0 spiro atoms. The summed E-state index contributed by atoms with van der Waals surface area (Å²) in [6.45, 7) is 4.33. The Kier molecular flexibility index (Phi) is 2.30. The Morgan fingerprint density at radius 3 is 2.64 bits per heavy atom. The van der Waals surface area contributed by atoms with Crippen molar-refractivity contribution in [2.45, 2.75) is 31.7 Å². The van der Waals surface area contributed by atoms with Crippen LogP contribution < -0.4 is 5.73 Å². The van der Waals surface area contributed by atoms with Crippen LogP contribution in [-0.2, 0) is 5.41 Å². The molecular formula is C11H13Cl2N. The zero-order valence-electron chi connectivity index (χ0n) is 8.27. The molecule has 0 saturated heterocycles. The third-order valence-corrected chi connectivity index (χ3v) is 3.41. The molecule has 3 heteroatoms. The van der Waals surface area contributed by atoms with Crippen molar-refractivity contribution in [1.29, 1.82) is 0 Å². The van der Waals surface area contributed by atoms with Crippen molar-refractivity contribution in [3.05, 3.63) is 33.3 Å². The summed E-state index contributed by atoms with van der Waals surface area (Å²) in [5.41, 5.74) is 8.38. The van der Waals surface area contributed by atoms with E-state index in [1.54, 1.807) is 6.07 Å². The monoisotopic (exact) mass is 229 g/mol. The molecule has 0 radical (unpaired) electrons. The first-order chi connectivity index (χ1) is 6.42. The van der Waals surface area contributed by atoms with Crippen LogP contribution in [0.4, 0.5) is 0 Å². The summed E-state index contributed by atoms with van der Waals surface area (Å²) >= 11 is 12.1. The number of halogens is 2. The topological polar surface area (TPSA) is 26.0 Å². The highest BCUT2D eigenvalue weighted by atomic mass is 35.5. The predicted octanol–water partition coefficient (Wildman–Crippen LogP) is 3.67. The normalized spacial score (nSPS) is 23.6. The summed E-state index contributed by atoms with van der Waals surface area (Å²) in [6.07, 6.45) is 0.933. The van der Waals surface area contributed by atoms with E-state index in [4.69, 9.17) is 28.9 Å². The fourth-order valence-electron chi connectivity index (χ4n) is 2.36. The van der Waals surface area contributed by atoms with Crippen LogP contribution in [0.25, 0.3) is 0 Å². The van der Waals surface area contributed by atoms with Gasteiger partial charge in [-0.15, -0.1) is 0 Å². The third-order valence-electron chi connectivity index (χ3n) is 2.89. The summed E-state index contributed by atoms with van der Waals surface area (Å²) in [5, 5.41) is 1.41. The van der Waals surface area contributed by atoms with Gasteiger partial charge in [0.15, 0.2) is 0 Å². The fourth-order valence-corrected chi connectivity index (χ4v) is 3.13. The van der Waals surface area contributed by atoms with E-state index < -0.39 is 0 Å². The number of benzene rings is 1. The van der Waals surface area contributed by atoms with Crippen molar-refractivity contribution < 1.29 is 0 Å². The van der Waals surface area contributed by atoms with Crippen LogP contribution in [0.3, 0.4) is 0 Å². The van der Waals surface area contributed by atoms with Gasteiger partial charge < -0.3 is 5.73 Å². The Bertz CT molecular complexity index is 385. The average molecular weight is 230 g/mol. The van der Waals surface area contributed by atoms with E-state index in [0.29, 0.717) is 5.02 Å². The van der Waals surface area contributed by atoms with Gasteiger partial charge in [0.25, 0.3) is 0 Å². The van der Waals surface area contributed by atoms with Gasteiger partial charge in [-0.2, -0.15) is 0 Å². The van der Waals surface area contributed by atoms with Crippen molar-refractivity contribution in [3.63, 3.8) is 0 Å². The van der Waals surface area contributed by atoms with Gasteiger partial charge in [-0.05, 0) is 35.1 Å². The fraction of sp³-hybridized carbons (Fsp3) is 0.455. The van der Waals surface area contributed by atoms with Gasteiger partial charge in [0.1, 0.15) is 0 Å². The quantitative estimate of drug-likeness (QED) is 0.722. The molecule has 1 nitrogen and oxygen atoms in total. The van der Waals surface area contributed by atoms with Gasteiger partial charge in [0.2, 0.25) is 0 Å². The summed E-state index contributed by atoms with van der Waals surface area (Å²) in [4.78, 5) is 0. The molecule has 0 saturated carbocycles. The van der Waals surface area contributed by atoms with E-state index in [1.807, 2.05) is 6.07 Å². The molecule has 0 fully saturated rings. The predicted molar refractivity (Wildman–Crippen MR) is 61.0 cm³/mol. The zero-order valence-corrected chi connectivity index (χ0v) is 9.78. The van der Waals surface area contributed by atoms with Gasteiger partial charge in [-0.25, -0.2) is 0 Å². The minimum Gasteiger partial charge on any atom is -0.324 e. The first kappa shape index (κ1) is 10.3. The molecule has 1 aliphatic carbocycles. The molecule has 0 aliphatic heterocycles. The molecule has 0 bridgehead atoms. The van der Waals surface area contributed by atoms with E-state index in [1.165, 1.54) is 0 Å². The molecule has 0 heterocycles. The molecule has 1 aliphatic rings. The van der Waals surface area contributed by atoms with Gasteiger partial charge in [-0.3, -0.25) is 0 Å². The smallest absolute Gasteiger partial charge is 0.0461 e. The van der Waals surface area contributed by atoms with Crippen LogP contribution in [0.2, 0.25) is 10.0 Å². The standard InChI is InChI=1S/C11H13Cl2N/c1-11(2)5-9(14)7-3-6(12)4-8(13)10(7)11/h3-4,9H,5,14H2,1-2H3/t9-/m0/s1. The molecule has 1 aromatic carbocycles. The molecule has 1 atom stereocenters. The lowest BCUT2D eigenvalue weighted by atomic mass is 9.86. The van der Waals surface area contributed by atoms with Crippen molar-refractivity contribution in [3.8, 4) is 0 Å². The first-order valence-corrected chi connectivity index (χ1v) is 5.42. The number of hydrogen-bond acceptors (Lipinski definition) is 1. The van der Waals surface area contributed by atoms with Crippen LogP contribution in [-0.4, -0.2) is 0 Å². The van der Waals surface area contributed by atoms with Gasteiger partial charge in [0, 0.05) is 16.1 Å². The number of fused-ring (bicyclic) bond motifs is 1. The second-order valence-corrected chi connectivity index (χ2v) is 5.39. The maximum Gasteiger partial charge on any atom is 0.0461 e. The Morgan fingerprint density at radius 1 is 1.36 bits per heavy atom. The van der Waals surface area contributed by atoms with E-state index in [2.05, 4.69) is 13.8 Å². The summed E-state index contributed by atoms with van der Waals surface area (Å²) in [7, 11) is 0. The highest BCUT2D eigenvalue weighted by molar-refractivity contribution is 6.35. The third kappa shape index (κ3) is 1.44. The Morgan fingerprint density at radius 2 is 2.00 bits per heavy atom. The largest absolute Gasteiger partial charge is 0.324 e. The van der Waals surface area contributed by atoms with E-state index in [-0.39, 0.29) is 11.5 Å². The van der Waals surface area contributed by atoms with Crippen molar-refractivity contribution >= 4 is 23.2 Å². The molecular weight excluding hydrogens is 217 g/mol. The summed E-state index contributed by atoms with van der Waals surface area (Å²) < 4.78 is 0. The van der Waals surface area contributed by atoms with Crippen molar-refractivity contribution in [1.82, 2.24) is 0 Å². The van der Waals surface area contributed by atoms with Crippen LogP contribution in [0, 0.1) is 0 Å². The Labute approximate surface area is 94.2 Å². The van der Waals surface area contributed by atoms with Gasteiger partial charge in [-0.1, -0.05) is 37.0 Å². The molecule has 2 N–H and O–H groups in total. The van der Waals surface area contributed by atoms with Gasteiger partial charge >= 0.3 is 0 Å². The summed E-state index contributed by atoms with van der Waals surface area (Å²) in [5.74, 6) is 0. The second-order valence-electron chi connectivity index (χ2n) is 4.55. The molecule has 14 heavy (non-hydrogen) atoms. The van der Waals surface area contributed by atoms with E-state index in [9.17, 15) is 0 Å². The minimum absolute atomic E-state index is 0.0659. The molecule has 76 valence electrons. The number of nitrogens with two attached hydrogens (primary N) is 1. The highest BCUT2D eigenvalue weighted by Gasteiger charge is 2.36. The van der Waals surface area contributed by atoms with Gasteiger partial charge in [0.05, 0.1) is 0 Å². The van der Waals surface area contributed by atoms with Crippen LogP contribution in [0.15, 0.2) is 12.1 Å². The SMILES string of the molecule is CC1(C)C[C@H](N)c2cc(Cl)cc(Cl)c21. The molecule has 0 amide bonds. The van der Waals surface area contributed by atoms with Crippen LogP contribution in [0.5, 0.6) is 0 Å². The lowest BCUT2D eigenvalue weighted by molar-refractivity contribution is 0.481. The first-order valence-electron chi connectivity index (χ1n) is 4.67. The second kappa shape index (κ2) is 3.13. The van der Waals surface area contributed by atoms with E-state index in [0.717, 1.165) is 22.6 Å². The molecule has 0 unspecified atom stereocenters. The number of rotatable bonds is 0. The Balaban J connectivity index is 2.69. The molecule has 2 rings (SSSR count). The molecule has 0 aromatic heterocycles. The summed E-state index contributed by atoms with van der Waals surface area (Å²) in [6, 6.07) is 3.79. The lowest BCUT2D eigenvalue weighted by Gasteiger charge is -2.20. The highest BCUT2D eigenvalue weighted by Crippen LogP contribution is 2.47. The lowest BCUT2D eigenvalue weighted by Crippen LogP contribution is -2.14. The Hall–Kier alpha value is -0.240. The molecule has 1 aromatic rings. The average Bonchev–Trinajstić information content (AvgIpc) is 2.21. The van der Waals surface area contributed by atoms with Crippen molar-refractivity contribution in [2.24, 2.45) is 5.73 Å². The maximum absolute atomic E-state index is 6.18. The van der Waals surface area contributed by atoms with Crippen LogP contribution in [0.1, 0.15) is 37.4 Å². The zero-order chi connectivity index (χ0) is 10.5. The van der Waals surface area contributed by atoms with Crippen molar-refractivity contribution in [2.75, 3.05) is 0 Å².